The summed E-state index contributed by atoms with van der Waals surface area (Å²) in [6.45, 7) is 1.10. The molecule has 10 heteroatoms. The molecule has 0 unspecified atom stereocenters. The van der Waals surface area contributed by atoms with E-state index in [9.17, 15) is 4.79 Å². The lowest BCUT2D eigenvalue weighted by Gasteiger charge is -2.27. The molecule has 2 aromatic carbocycles. The van der Waals surface area contributed by atoms with Crippen LogP contribution in [0, 0.1) is 11.3 Å². The molecule has 4 aromatic rings. The fraction of sp³-hybridized carbons (Fsp3) is 0.280. The number of aromatic nitrogens is 4. The van der Waals surface area contributed by atoms with Crippen LogP contribution in [0.5, 0.6) is 0 Å². The number of nitrogens with zero attached hydrogens (tertiary/aromatic N) is 4. The van der Waals surface area contributed by atoms with E-state index >= 15 is 0 Å². The highest BCUT2D eigenvalue weighted by molar-refractivity contribution is 6.37. The molecule has 0 bridgehead atoms. The van der Waals surface area contributed by atoms with Crippen molar-refractivity contribution in [3.8, 4) is 5.69 Å². The molecule has 2 heterocycles. The summed E-state index contributed by atoms with van der Waals surface area (Å²) in [6.07, 6.45) is 4.81. The largest absolute Gasteiger partial charge is 0.333 e. The molecular formula is C25H25Cl2N7O. The Morgan fingerprint density at radius 1 is 1.20 bits per heavy atom. The highest BCUT2D eigenvalue weighted by Gasteiger charge is 2.20. The summed E-state index contributed by atoms with van der Waals surface area (Å²) in [4.78, 5) is 26.7. The third-order valence-corrected chi connectivity index (χ3v) is 6.88. The average Bonchev–Trinajstić information content (AvgIpc) is 2.80. The van der Waals surface area contributed by atoms with Gasteiger partial charge in [-0.3, -0.25) is 10.4 Å². The van der Waals surface area contributed by atoms with Gasteiger partial charge in [0.25, 0.3) is 0 Å². The minimum atomic E-state index is -0.566. The fourth-order valence-electron chi connectivity index (χ4n) is 4.72. The third-order valence-electron chi connectivity index (χ3n) is 6.27. The number of halogens is 2. The van der Waals surface area contributed by atoms with Gasteiger partial charge in [-0.15, -0.1) is 0 Å². The van der Waals surface area contributed by atoms with Crippen LogP contribution in [0.2, 0.25) is 10.0 Å². The predicted octanol–water partition coefficient (Wildman–Crippen LogP) is 4.31. The van der Waals surface area contributed by atoms with Crippen molar-refractivity contribution in [3.63, 3.8) is 0 Å². The highest BCUT2D eigenvalue weighted by Crippen LogP contribution is 2.29. The first-order valence-corrected chi connectivity index (χ1v) is 12.1. The number of fused-ring (bicyclic) bond motifs is 2. The van der Waals surface area contributed by atoms with Crippen LogP contribution in [0.15, 0.2) is 47.4 Å². The Morgan fingerprint density at radius 2 is 1.97 bits per heavy atom. The number of hydrogen-bond donors (Lipinski definition) is 3. The van der Waals surface area contributed by atoms with Gasteiger partial charge in [0.05, 0.1) is 21.1 Å². The number of para-hydroxylation sites is 1. The van der Waals surface area contributed by atoms with Crippen LogP contribution in [-0.2, 0) is 12.8 Å². The van der Waals surface area contributed by atoms with Crippen molar-refractivity contribution in [3.05, 3.63) is 79.7 Å². The average molecular weight is 510 g/mol. The number of hydrogen-bond acceptors (Lipinski definition) is 6. The van der Waals surface area contributed by atoms with Gasteiger partial charge in [0.2, 0.25) is 5.95 Å². The van der Waals surface area contributed by atoms with Crippen molar-refractivity contribution >= 4 is 45.9 Å². The SMILES string of the molecule is CN(C)C[C@H]1CCc2cc(Nc3ncc4c(=N)n(-c5c(Cl)cccc5Cl)c(=O)[nH]c4n3)ccc2C1. The van der Waals surface area contributed by atoms with Crippen LogP contribution < -0.4 is 16.5 Å². The maximum Gasteiger partial charge on any atom is 0.333 e. The summed E-state index contributed by atoms with van der Waals surface area (Å²) in [5.74, 6) is 1.02. The lowest BCUT2D eigenvalue weighted by Crippen LogP contribution is -2.34. The molecule has 180 valence electrons. The zero-order chi connectivity index (χ0) is 24.7. The number of anilines is 2. The number of H-pyrrole nitrogens is 1. The van der Waals surface area contributed by atoms with E-state index in [2.05, 4.69) is 51.4 Å². The van der Waals surface area contributed by atoms with Crippen LogP contribution in [0.3, 0.4) is 0 Å². The molecule has 35 heavy (non-hydrogen) atoms. The summed E-state index contributed by atoms with van der Waals surface area (Å²) in [5, 5.41) is 12.7. The molecule has 0 saturated carbocycles. The first kappa shape index (κ1) is 23.5. The van der Waals surface area contributed by atoms with Gasteiger partial charge in [-0.05, 0) is 74.7 Å². The number of aromatic amines is 1. The second kappa shape index (κ2) is 9.45. The summed E-state index contributed by atoms with van der Waals surface area (Å²) >= 11 is 12.5. The number of nitrogens with one attached hydrogen (secondary N) is 3. The molecule has 0 saturated heterocycles. The Balaban J connectivity index is 1.44. The molecule has 5 rings (SSSR count). The normalized spacial score (nSPS) is 15.4. The lowest BCUT2D eigenvalue weighted by atomic mass is 9.83. The van der Waals surface area contributed by atoms with E-state index in [1.54, 1.807) is 18.2 Å². The molecule has 8 nitrogen and oxygen atoms in total. The van der Waals surface area contributed by atoms with Crippen LogP contribution in [-0.4, -0.2) is 45.1 Å². The van der Waals surface area contributed by atoms with Crippen molar-refractivity contribution in [2.24, 2.45) is 5.92 Å². The molecule has 0 radical (unpaired) electrons. The van der Waals surface area contributed by atoms with Crippen LogP contribution >= 0.6 is 23.2 Å². The summed E-state index contributed by atoms with van der Waals surface area (Å²) in [5.41, 5.74) is 3.44. The fourth-order valence-corrected chi connectivity index (χ4v) is 5.28. The Bertz CT molecular complexity index is 1520. The highest BCUT2D eigenvalue weighted by atomic mass is 35.5. The molecule has 0 amide bonds. The molecule has 3 N–H and O–H groups in total. The lowest BCUT2D eigenvalue weighted by molar-refractivity contribution is 0.303. The zero-order valence-corrected chi connectivity index (χ0v) is 20.9. The van der Waals surface area contributed by atoms with Gasteiger partial charge < -0.3 is 10.2 Å². The number of aryl methyl sites for hydroxylation is 1. The van der Waals surface area contributed by atoms with Gasteiger partial charge in [-0.25, -0.2) is 14.3 Å². The minimum Gasteiger partial charge on any atom is -0.324 e. The van der Waals surface area contributed by atoms with Gasteiger partial charge in [0, 0.05) is 18.4 Å². The Hall–Kier alpha value is -3.20. The molecule has 2 aromatic heterocycles. The van der Waals surface area contributed by atoms with Crippen LogP contribution in [0.4, 0.5) is 11.6 Å². The second-order valence-corrected chi connectivity index (χ2v) is 9.93. The van der Waals surface area contributed by atoms with E-state index in [0.29, 0.717) is 17.3 Å². The third kappa shape index (κ3) is 4.69. The van der Waals surface area contributed by atoms with Gasteiger partial charge in [-0.1, -0.05) is 35.3 Å². The summed E-state index contributed by atoms with van der Waals surface area (Å²) in [7, 11) is 4.24. The van der Waals surface area contributed by atoms with Gasteiger partial charge in [0.15, 0.2) is 5.65 Å². The predicted molar refractivity (Wildman–Crippen MR) is 139 cm³/mol. The second-order valence-electron chi connectivity index (χ2n) is 9.12. The first-order chi connectivity index (χ1) is 16.8. The van der Waals surface area contributed by atoms with Gasteiger partial charge in [-0.2, -0.15) is 4.98 Å². The zero-order valence-electron chi connectivity index (χ0n) is 19.4. The summed E-state index contributed by atoms with van der Waals surface area (Å²) < 4.78 is 1.12. The standard InChI is InChI=1S/C25H25Cl2N7O/c1-33(2)13-14-6-7-16-11-17(9-8-15(16)10-14)30-24-29-12-18-22(28)34(25(35)32-23(18)31-24)21-19(26)4-3-5-20(21)27/h3-5,8-9,11-12,14,28H,6-7,10,13H2,1-2H3,(H2,29,30,31,32,35)/t14-/m0/s1. The number of rotatable bonds is 5. The summed E-state index contributed by atoms with van der Waals surface area (Å²) in [6, 6.07) is 11.2. The van der Waals surface area contributed by atoms with Gasteiger partial charge >= 0.3 is 5.69 Å². The first-order valence-electron chi connectivity index (χ1n) is 11.3. The van der Waals surface area contributed by atoms with Crippen LogP contribution in [0.25, 0.3) is 16.7 Å². The molecule has 1 aliphatic carbocycles. The minimum absolute atomic E-state index is 0.105. The van der Waals surface area contributed by atoms with Gasteiger partial charge in [0.1, 0.15) is 5.49 Å². The van der Waals surface area contributed by atoms with E-state index in [1.165, 1.54) is 23.7 Å². The smallest absolute Gasteiger partial charge is 0.324 e. The molecule has 1 atom stereocenters. The van der Waals surface area contributed by atoms with E-state index in [-0.39, 0.29) is 26.9 Å². The Morgan fingerprint density at radius 3 is 2.71 bits per heavy atom. The van der Waals surface area contributed by atoms with Crippen molar-refractivity contribution in [2.45, 2.75) is 19.3 Å². The van der Waals surface area contributed by atoms with Crippen molar-refractivity contribution in [2.75, 3.05) is 26.0 Å². The number of benzene rings is 2. The Labute approximate surface area is 212 Å². The maximum atomic E-state index is 12.9. The van der Waals surface area contributed by atoms with E-state index in [0.717, 1.165) is 29.6 Å². The topological polar surface area (TPSA) is 103 Å². The molecule has 0 aliphatic heterocycles. The van der Waals surface area contributed by atoms with Crippen molar-refractivity contribution in [1.29, 1.82) is 5.41 Å². The Kier molecular flexibility index (Phi) is 6.35. The van der Waals surface area contributed by atoms with E-state index < -0.39 is 5.69 Å². The molecule has 0 spiro atoms. The molecule has 1 aliphatic rings. The van der Waals surface area contributed by atoms with E-state index in [1.807, 2.05) is 6.07 Å². The maximum absolute atomic E-state index is 12.9. The monoisotopic (exact) mass is 509 g/mol. The quantitative estimate of drug-likeness (QED) is 0.372. The van der Waals surface area contributed by atoms with E-state index in [4.69, 9.17) is 28.6 Å². The van der Waals surface area contributed by atoms with Crippen LogP contribution in [0.1, 0.15) is 17.5 Å². The van der Waals surface area contributed by atoms with Crippen molar-refractivity contribution in [1.82, 2.24) is 24.4 Å². The molecule has 0 fully saturated rings. The van der Waals surface area contributed by atoms with Crippen molar-refractivity contribution < 1.29 is 0 Å². The molecular weight excluding hydrogens is 485 g/mol.